The summed E-state index contributed by atoms with van der Waals surface area (Å²) in [5.41, 5.74) is 1.97. The minimum Gasteiger partial charge on any atom is -0.497 e. The van der Waals surface area contributed by atoms with Gasteiger partial charge in [0.1, 0.15) is 11.5 Å². The van der Waals surface area contributed by atoms with Crippen LogP contribution >= 0.6 is 0 Å². The van der Waals surface area contributed by atoms with Crippen LogP contribution < -0.4 is 19.7 Å². The largest absolute Gasteiger partial charge is 0.497 e. The number of anilines is 2. The molecule has 8 heteroatoms. The van der Waals surface area contributed by atoms with E-state index in [2.05, 4.69) is 10.5 Å². The smallest absolute Gasteiger partial charge is 0.232 e. The van der Waals surface area contributed by atoms with Crippen molar-refractivity contribution in [2.75, 3.05) is 24.4 Å². The molecule has 1 aliphatic rings. The van der Waals surface area contributed by atoms with Gasteiger partial charge in [0.25, 0.3) is 0 Å². The topological polar surface area (TPSA) is 93.9 Å². The molecule has 0 spiro atoms. The lowest BCUT2D eigenvalue weighted by atomic mass is 9.82. The minimum atomic E-state index is -0.578. The highest BCUT2D eigenvalue weighted by Gasteiger charge is 2.43. The van der Waals surface area contributed by atoms with E-state index in [1.165, 1.54) is 0 Å². The molecule has 3 aromatic rings. The maximum Gasteiger partial charge on any atom is 0.232 e. The molecule has 0 saturated carbocycles. The number of carbonyl (C=O) groups excluding carboxylic acids is 2. The zero-order valence-corrected chi connectivity index (χ0v) is 20.7. The number of para-hydroxylation sites is 1. The van der Waals surface area contributed by atoms with E-state index in [-0.39, 0.29) is 29.5 Å². The van der Waals surface area contributed by atoms with Crippen LogP contribution in [0.25, 0.3) is 0 Å². The van der Waals surface area contributed by atoms with Gasteiger partial charge in [-0.25, -0.2) is 0 Å². The molecule has 0 aliphatic carbocycles. The number of nitrogens with one attached hydrogen (secondary N) is 1. The third kappa shape index (κ3) is 5.01. The molecule has 2 atom stereocenters. The molecule has 1 aliphatic heterocycles. The van der Waals surface area contributed by atoms with Crippen LogP contribution in [0.4, 0.5) is 11.6 Å². The van der Waals surface area contributed by atoms with Crippen LogP contribution in [0, 0.1) is 5.92 Å². The van der Waals surface area contributed by atoms with Gasteiger partial charge in [0.15, 0.2) is 0 Å². The number of hydrogen-bond donors (Lipinski definition) is 1. The standard InChI is InChI=1S/C27H31N3O5/c1-27(2,3)22-16-23(35-29-22)28-26(32)20-14-15-24(31)30(17-10-12-18(33-4)13-11-17)25(20)19-8-6-7-9-21(19)34-5/h6-13,16,20,25H,14-15H2,1-5H3,(H,28,32)/t20-,25+/m1/s1. The molecule has 1 fully saturated rings. The van der Waals surface area contributed by atoms with Crippen LogP contribution in [0.1, 0.15) is 50.9 Å². The first kappa shape index (κ1) is 24.3. The SMILES string of the molecule is COc1ccc(N2C(=O)CC[C@@H](C(=O)Nc3cc(C(C)(C)C)no3)[C@@H]2c2ccccc2OC)cc1. The van der Waals surface area contributed by atoms with E-state index in [1.807, 2.05) is 57.2 Å². The molecule has 1 saturated heterocycles. The van der Waals surface area contributed by atoms with Crippen LogP contribution in [0.5, 0.6) is 11.5 Å². The van der Waals surface area contributed by atoms with Crippen molar-refractivity contribution in [2.45, 2.75) is 45.1 Å². The molecule has 8 nitrogen and oxygen atoms in total. The number of ether oxygens (including phenoxy) is 2. The quantitative estimate of drug-likeness (QED) is 0.530. The van der Waals surface area contributed by atoms with E-state index < -0.39 is 12.0 Å². The Hall–Kier alpha value is -3.81. The fourth-order valence-corrected chi connectivity index (χ4v) is 4.38. The average molecular weight is 478 g/mol. The first-order chi connectivity index (χ1) is 16.7. The summed E-state index contributed by atoms with van der Waals surface area (Å²) in [4.78, 5) is 28.5. The number of amides is 2. The molecule has 0 bridgehead atoms. The second kappa shape index (κ2) is 9.82. The Morgan fingerprint density at radius 2 is 1.80 bits per heavy atom. The lowest BCUT2D eigenvalue weighted by molar-refractivity contribution is -0.126. The molecule has 35 heavy (non-hydrogen) atoms. The van der Waals surface area contributed by atoms with Gasteiger partial charge in [0.05, 0.1) is 31.9 Å². The predicted octanol–water partition coefficient (Wildman–Crippen LogP) is 5.11. The molecule has 2 heterocycles. The maximum absolute atomic E-state index is 13.6. The second-order valence-electron chi connectivity index (χ2n) is 9.61. The Morgan fingerprint density at radius 3 is 2.43 bits per heavy atom. The van der Waals surface area contributed by atoms with Crippen molar-refractivity contribution in [3.05, 3.63) is 65.9 Å². The normalized spacial score (nSPS) is 18.3. The van der Waals surface area contributed by atoms with Crippen molar-refractivity contribution in [1.29, 1.82) is 0 Å². The molecule has 2 aromatic carbocycles. The molecule has 1 N–H and O–H groups in total. The number of hydrogen-bond acceptors (Lipinski definition) is 6. The summed E-state index contributed by atoms with van der Waals surface area (Å²) in [6.07, 6.45) is 0.625. The molecular weight excluding hydrogens is 446 g/mol. The van der Waals surface area contributed by atoms with E-state index in [9.17, 15) is 9.59 Å². The summed E-state index contributed by atoms with van der Waals surface area (Å²) in [6.45, 7) is 6.06. The fourth-order valence-electron chi connectivity index (χ4n) is 4.38. The van der Waals surface area contributed by atoms with Gasteiger partial charge in [-0.1, -0.05) is 44.1 Å². The summed E-state index contributed by atoms with van der Waals surface area (Å²) in [5.74, 6) is 0.716. The fraction of sp³-hybridized carbons (Fsp3) is 0.370. The van der Waals surface area contributed by atoms with Crippen molar-refractivity contribution in [3.8, 4) is 11.5 Å². The first-order valence-electron chi connectivity index (χ1n) is 11.6. The van der Waals surface area contributed by atoms with Crippen LogP contribution in [0.2, 0.25) is 0 Å². The number of methoxy groups -OCH3 is 2. The van der Waals surface area contributed by atoms with E-state index in [4.69, 9.17) is 14.0 Å². The Labute approximate surface area is 205 Å². The Bertz CT molecular complexity index is 1200. The molecule has 184 valence electrons. The van der Waals surface area contributed by atoms with Gasteiger partial charge < -0.3 is 18.9 Å². The van der Waals surface area contributed by atoms with E-state index in [0.717, 1.165) is 11.3 Å². The Balaban J connectivity index is 1.73. The van der Waals surface area contributed by atoms with Crippen LogP contribution in [-0.2, 0) is 15.0 Å². The van der Waals surface area contributed by atoms with Gasteiger partial charge in [-0.05, 0) is 36.8 Å². The summed E-state index contributed by atoms with van der Waals surface area (Å²) < 4.78 is 16.3. The lowest BCUT2D eigenvalue weighted by Crippen LogP contribution is -2.47. The van der Waals surface area contributed by atoms with E-state index in [1.54, 1.807) is 37.3 Å². The summed E-state index contributed by atoms with van der Waals surface area (Å²) >= 11 is 0. The van der Waals surface area contributed by atoms with Gasteiger partial charge in [-0.3, -0.25) is 14.9 Å². The molecule has 4 rings (SSSR count). The number of nitrogens with zero attached hydrogens (tertiary/aromatic N) is 2. The molecule has 2 amide bonds. The van der Waals surface area contributed by atoms with Crippen LogP contribution in [0.15, 0.2) is 59.1 Å². The summed E-state index contributed by atoms with van der Waals surface area (Å²) in [7, 11) is 3.17. The minimum absolute atomic E-state index is 0.0650. The molecule has 0 unspecified atom stereocenters. The maximum atomic E-state index is 13.6. The van der Waals surface area contributed by atoms with Crippen molar-refractivity contribution >= 4 is 23.4 Å². The summed E-state index contributed by atoms with van der Waals surface area (Å²) in [5, 5.41) is 6.97. The van der Waals surface area contributed by atoms with Gasteiger partial charge in [-0.15, -0.1) is 0 Å². The van der Waals surface area contributed by atoms with Gasteiger partial charge >= 0.3 is 0 Å². The third-order valence-corrected chi connectivity index (χ3v) is 6.27. The zero-order valence-electron chi connectivity index (χ0n) is 20.7. The van der Waals surface area contributed by atoms with Crippen molar-refractivity contribution in [2.24, 2.45) is 5.92 Å². The van der Waals surface area contributed by atoms with Crippen LogP contribution in [-0.4, -0.2) is 31.2 Å². The highest BCUT2D eigenvalue weighted by Crippen LogP contribution is 2.43. The van der Waals surface area contributed by atoms with Crippen molar-refractivity contribution in [1.82, 2.24) is 5.16 Å². The number of benzene rings is 2. The third-order valence-electron chi connectivity index (χ3n) is 6.27. The number of piperidine rings is 1. The monoisotopic (exact) mass is 477 g/mol. The number of aromatic nitrogens is 1. The second-order valence-corrected chi connectivity index (χ2v) is 9.61. The molecular formula is C27H31N3O5. The predicted molar refractivity (Wildman–Crippen MR) is 133 cm³/mol. The molecule has 0 radical (unpaired) electrons. The van der Waals surface area contributed by atoms with Gasteiger partial charge in [-0.2, -0.15) is 0 Å². The van der Waals surface area contributed by atoms with Gasteiger partial charge in [0.2, 0.25) is 17.7 Å². The van der Waals surface area contributed by atoms with Crippen molar-refractivity contribution < 1.29 is 23.6 Å². The molecule has 1 aromatic heterocycles. The van der Waals surface area contributed by atoms with E-state index in [0.29, 0.717) is 23.6 Å². The van der Waals surface area contributed by atoms with Crippen LogP contribution in [0.3, 0.4) is 0 Å². The summed E-state index contributed by atoms with van der Waals surface area (Å²) in [6, 6.07) is 15.9. The number of rotatable bonds is 6. The van der Waals surface area contributed by atoms with E-state index >= 15 is 0 Å². The first-order valence-corrected chi connectivity index (χ1v) is 11.6. The zero-order chi connectivity index (χ0) is 25.2. The van der Waals surface area contributed by atoms with Gasteiger partial charge in [0, 0.05) is 29.2 Å². The Morgan fingerprint density at radius 1 is 1.09 bits per heavy atom. The Kier molecular flexibility index (Phi) is 6.82. The van der Waals surface area contributed by atoms with Crippen molar-refractivity contribution in [3.63, 3.8) is 0 Å². The lowest BCUT2D eigenvalue weighted by Gasteiger charge is -2.41. The average Bonchev–Trinajstić information content (AvgIpc) is 3.33. The highest BCUT2D eigenvalue weighted by atomic mass is 16.5. The highest BCUT2D eigenvalue weighted by molar-refractivity contribution is 6.00. The number of carbonyl (C=O) groups is 2.